The molecule has 3 rings (SSSR count). The topological polar surface area (TPSA) is 118 Å². The Kier molecular flexibility index (Phi) is 5.73. The highest BCUT2D eigenvalue weighted by Gasteiger charge is 2.23. The van der Waals surface area contributed by atoms with Gasteiger partial charge in [-0.15, -0.1) is 0 Å². The highest BCUT2D eigenvalue weighted by Crippen LogP contribution is 2.37. The zero-order valence-corrected chi connectivity index (χ0v) is 15.4. The maximum Gasteiger partial charge on any atom is 0.387 e. The van der Waals surface area contributed by atoms with Gasteiger partial charge >= 0.3 is 6.61 Å². The second-order valence-corrected chi connectivity index (χ2v) is 5.94. The zero-order chi connectivity index (χ0) is 21.8. The lowest BCUT2D eigenvalue weighted by Gasteiger charge is -2.11. The van der Waals surface area contributed by atoms with Crippen LogP contribution in [0.4, 0.5) is 14.5 Å². The monoisotopic (exact) mass is 413 g/mol. The Labute approximate surface area is 168 Å². The normalized spacial score (nSPS) is 11.4. The molecule has 0 fully saturated rings. The summed E-state index contributed by atoms with van der Waals surface area (Å²) in [6, 6.07) is 10.5. The summed E-state index contributed by atoms with van der Waals surface area (Å²) in [7, 11) is 1.16. The van der Waals surface area contributed by atoms with Crippen molar-refractivity contribution in [1.82, 2.24) is 4.98 Å². The van der Waals surface area contributed by atoms with Crippen molar-refractivity contribution in [1.29, 1.82) is 5.26 Å². The van der Waals surface area contributed by atoms with Crippen LogP contribution >= 0.6 is 0 Å². The molecule has 10 heteroatoms. The lowest BCUT2D eigenvalue weighted by Crippen LogP contribution is -2.05. The number of nitrogens with zero attached hydrogens (tertiary/aromatic N) is 2. The largest absolute Gasteiger partial charge is 0.493 e. The molecule has 0 atom stereocenters. The first-order valence-electron chi connectivity index (χ1n) is 8.39. The predicted octanol–water partition coefficient (Wildman–Crippen LogP) is 4.48. The van der Waals surface area contributed by atoms with Crippen molar-refractivity contribution in [3.8, 4) is 17.6 Å². The summed E-state index contributed by atoms with van der Waals surface area (Å²) in [6.45, 7) is -3.22. The Morgan fingerprint density at radius 2 is 2.03 bits per heavy atom. The van der Waals surface area contributed by atoms with Gasteiger partial charge in [0, 0.05) is 22.7 Å². The number of fused-ring (bicyclic) bond motifs is 1. The number of Topliss-reactive ketones (excluding diaryl/α,β-unsaturated/α-hetero) is 1. The molecule has 8 nitrogen and oxygen atoms in total. The van der Waals surface area contributed by atoms with Crippen molar-refractivity contribution >= 4 is 28.4 Å². The van der Waals surface area contributed by atoms with Gasteiger partial charge in [0.25, 0.3) is 5.69 Å². The molecule has 30 heavy (non-hydrogen) atoms. The predicted molar refractivity (Wildman–Crippen MR) is 102 cm³/mol. The van der Waals surface area contributed by atoms with Crippen molar-refractivity contribution in [2.24, 2.45) is 0 Å². The van der Waals surface area contributed by atoms with Crippen LogP contribution in [0.5, 0.6) is 11.5 Å². The van der Waals surface area contributed by atoms with Crippen LogP contribution in [0.2, 0.25) is 0 Å². The van der Waals surface area contributed by atoms with Gasteiger partial charge in [-0.05, 0) is 18.2 Å². The number of nitro benzene ring substituents is 1. The number of halogens is 2. The van der Waals surface area contributed by atoms with Gasteiger partial charge in [-0.1, -0.05) is 18.2 Å². The molecule has 0 aliphatic carbocycles. The lowest BCUT2D eigenvalue weighted by atomic mass is 10.0. The van der Waals surface area contributed by atoms with Crippen LogP contribution in [-0.4, -0.2) is 29.4 Å². The van der Waals surface area contributed by atoms with E-state index >= 15 is 0 Å². The highest BCUT2D eigenvalue weighted by atomic mass is 19.3. The molecule has 0 aliphatic rings. The first-order chi connectivity index (χ1) is 14.3. The Balaban J connectivity index is 2.12. The number of nitrogens with one attached hydrogen (secondary N) is 1. The van der Waals surface area contributed by atoms with E-state index in [9.17, 15) is 29.0 Å². The summed E-state index contributed by atoms with van der Waals surface area (Å²) in [4.78, 5) is 26.4. The van der Waals surface area contributed by atoms with E-state index in [1.807, 2.05) is 0 Å². The van der Waals surface area contributed by atoms with Crippen LogP contribution in [0.15, 0.2) is 48.2 Å². The minimum absolute atomic E-state index is 0.178. The third-order valence-electron chi connectivity index (χ3n) is 4.22. The van der Waals surface area contributed by atoms with Gasteiger partial charge < -0.3 is 14.5 Å². The molecular weight excluding hydrogens is 400 g/mol. The van der Waals surface area contributed by atoms with Gasteiger partial charge in [-0.2, -0.15) is 14.0 Å². The Morgan fingerprint density at radius 1 is 1.30 bits per heavy atom. The van der Waals surface area contributed by atoms with Gasteiger partial charge in [-0.3, -0.25) is 14.9 Å². The van der Waals surface area contributed by atoms with Crippen LogP contribution in [-0.2, 0) is 0 Å². The number of H-pyrrole nitrogens is 1. The first kappa shape index (κ1) is 20.5. The smallest absolute Gasteiger partial charge is 0.387 e. The summed E-state index contributed by atoms with van der Waals surface area (Å²) in [5.74, 6) is -1.42. The number of carbonyl (C=O) groups excluding carboxylic acids is 1. The van der Waals surface area contributed by atoms with Gasteiger partial charge in [-0.25, -0.2) is 0 Å². The summed E-state index contributed by atoms with van der Waals surface area (Å²) >= 11 is 0. The minimum Gasteiger partial charge on any atom is -0.493 e. The van der Waals surface area contributed by atoms with Crippen LogP contribution in [0, 0.1) is 21.4 Å². The van der Waals surface area contributed by atoms with E-state index in [1.54, 1.807) is 30.3 Å². The Bertz CT molecular complexity index is 1210. The standard InChI is InChI=1S/C20H13F2N3O5/c1-29-17-7-11(16(25(27)28)8-18(17)30-20(21)22)6-12(9-23)19(26)14-10-24-15-5-3-2-4-13(14)15/h2-8,10,20,24H,1H3/b12-6+. The molecule has 0 radical (unpaired) electrons. The number of ether oxygens (including phenoxy) is 2. The summed E-state index contributed by atoms with van der Waals surface area (Å²) in [5, 5.41) is 21.5. The quantitative estimate of drug-likeness (QED) is 0.201. The van der Waals surface area contributed by atoms with E-state index < -0.39 is 28.8 Å². The molecule has 0 saturated carbocycles. The molecule has 2 aromatic carbocycles. The minimum atomic E-state index is -3.22. The van der Waals surface area contributed by atoms with Crippen LogP contribution < -0.4 is 9.47 Å². The number of nitro groups is 1. The molecule has 0 unspecified atom stereocenters. The first-order valence-corrected chi connectivity index (χ1v) is 8.39. The summed E-state index contributed by atoms with van der Waals surface area (Å²) < 4.78 is 34.3. The SMILES string of the molecule is COc1cc(/C=C(\C#N)C(=O)c2c[nH]c3ccccc23)c([N+](=O)[O-])cc1OC(F)F. The Hall–Kier alpha value is -4.26. The number of methoxy groups -OCH3 is 1. The molecule has 3 aromatic rings. The third kappa shape index (κ3) is 3.95. The number of allylic oxidation sites excluding steroid dienone is 1. The number of aromatic nitrogens is 1. The number of rotatable bonds is 7. The summed E-state index contributed by atoms with van der Waals surface area (Å²) in [5.41, 5.74) is -0.300. The van der Waals surface area contributed by atoms with Crippen molar-refractivity contribution in [3.63, 3.8) is 0 Å². The van der Waals surface area contributed by atoms with E-state index in [-0.39, 0.29) is 22.4 Å². The maximum atomic E-state index is 12.9. The molecule has 152 valence electrons. The third-order valence-corrected chi connectivity index (χ3v) is 4.22. The number of ketones is 1. The number of benzene rings is 2. The second-order valence-electron chi connectivity index (χ2n) is 5.94. The number of hydrogen-bond donors (Lipinski definition) is 1. The zero-order valence-electron chi connectivity index (χ0n) is 15.4. The summed E-state index contributed by atoms with van der Waals surface area (Å²) in [6.07, 6.45) is 2.45. The van der Waals surface area contributed by atoms with E-state index in [1.165, 1.54) is 6.20 Å². The van der Waals surface area contributed by atoms with Crippen molar-refractivity contribution < 1.29 is 28.0 Å². The van der Waals surface area contributed by atoms with Gasteiger partial charge in [0.15, 0.2) is 11.5 Å². The van der Waals surface area contributed by atoms with E-state index in [0.29, 0.717) is 10.9 Å². The number of alkyl halides is 2. The number of nitriles is 1. The Morgan fingerprint density at radius 3 is 2.67 bits per heavy atom. The van der Waals surface area contributed by atoms with Crippen molar-refractivity contribution in [3.05, 3.63) is 69.4 Å². The number of para-hydroxylation sites is 1. The molecule has 0 aliphatic heterocycles. The molecule has 0 spiro atoms. The average molecular weight is 413 g/mol. The fraction of sp³-hybridized carbons (Fsp3) is 0.100. The molecule has 1 aromatic heterocycles. The van der Waals surface area contributed by atoms with Gasteiger partial charge in [0.1, 0.15) is 11.6 Å². The van der Waals surface area contributed by atoms with Crippen molar-refractivity contribution in [2.75, 3.05) is 7.11 Å². The van der Waals surface area contributed by atoms with Gasteiger partial charge in [0.05, 0.1) is 23.7 Å². The molecule has 0 amide bonds. The lowest BCUT2D eigenvalue weighted by molar-refractivity contribution is -0.385. The highest BCUT2D eigenvalue weighted by molar-refractivity contribution is 6.20. The maximum absolute atomic E-state index is 12.9. The van der Waals surface area contributed by atoms with Crippen LogP contribution in [0.3, 0.4) is 0 Å². The number of carbonyl (C=O) groups is 1. The molecular formula is C20H13F2N3O5. The van der Waals surface area contributed by atoms with Gasteiger partial charge in [0.2, 0.25) is 5.78 Å². The molecule has 0 bridgehead atoms. The molecule has 1 heterocycles. The molecule has 0 saturated heterocycles. The van der Waals surface area contributed by atoms with E-state index in [0.717, 1.165) is 25.3 Å². The number of hydrogen-bond acceptors (Lipinski definition) is 6. The fourth-order valence-corrected chi connectivity index (χ4v) is 2.89. The second kappa shape index (κ2) is 8.40. The number of aromatic amines is 1. The van der Waals surface area contributed by atoms with Crippen LogP contribution in [0.1, 0.15) is 15.9 Å². The van der Waals surface area contributed by atoms with E-state index in [4.69, 9.17) is 4.74 Å². The molecule has 1 N–H and O–H groups in total. The average Bonchev–Trinajstić information content (AvgIpc) is 3.15. The fourth-order valence-electron chi connectivity index (χ4n) is 2.89. The van der Waals surface area contributed by atoms with Crippen LogP contribution in [0.25, 0.3) is 17.0 Å². The van der Waals surface area contributed by atoms with Crippen molar-refractivity contribution in [2.45, 2.75) is 6.61 Å². The van der Waals surface area contributed by atoms with E-state index in [2.05, 4.69) is 9.72 Å².